The quantitative estimate of drug-likeness (QED) is 0.544. The van der Waals surface area contributed by atoms with Crippen molar-refractivity contribution in [2.75, 3.05) is 0 Å². The van der Waals surface area contributed by atoms with Gasteiger partial charge in [-0.2, -0.15) is 0 Å². The number of fused-ring (bicyclic) bond motifs is 1. The van der Waals surface area contributed by atoms with Crippen LogP contribution in [0.25, 0.3) is 6.08 Å². The van der Waals surface area contributed by atoms with E-state index in [-0.39, 0.29) is 0 Å². The molecule has 0 nitrogen and oxygen atoms in total. The smallest absolute Gasteiger partial charge is 0.00854 e. The fourth-order valence-corrected chi connectivity index (χ4v) is 1.96. The minimum absolute atomic E-state index is 1.13. The average molecular weight is 158 g/mol. The Morgan fingerprint density at radius 2 is 1.83 bits per heavy atom. The second-order valence-electron chi connectivity index (χ2n) is 3.63. The SMILES string of the molecule is Cc1cc(C)c2c(c1C)C=CC2. The minimum Gasteiger partial charge on any atom is -0.0795 e. The van der Waals surface area contributed by atoms with Crippen molar-refractivity contribution in [3.8, 4) is 0 Å². The van der Waals surface area contributed by atoms with Gasteiger partial charge in [-0.05, 0) is 55.0 Å². The molecule has 1 aromatic rings. The Labute approximate surface area is 73.9 Å². The fourth-order valence-electron chi connectivity index (χ4n) is 1.96. The molecule has 0 unspecified atom stereocenters. The van der Waals surface area contributed by atoms with Crippen LogP contribution in [0.4, 0.5) is 0 Å². The molecular formula is C12H14. The lowest BCUT2D eigenvalue weighted by Crippen LogP contribution is -1.93. The van der Waals surface area contributed by atoms with Gasteiger partial charge in [-0.1, -0.05) is 18.2 Å². The molecule has 0 radical (unpaired) electrons. The van der Waals surface area contributed by atoms with Crippen molar-refractivity contribution in [2.24, 2.45) is 0 Å². The van der Waals surface area contributed by atoms with Gasteiger partial charge in [0.05, 0.1) is 0 Å². The van der Waals surface area contributed by atoms with Gasteiger partial charge in [0.15, 0.2) is 0 Å². The Hall–Kier alpha value is -1.04. The van der Waals surface area contributed by atoms with Gasteiger partial charge >= 0.3 is 0 Å². The average Bonchev–Trinajstić information content (AvgIpc) is 2.48. The third-order valence-corrected chi connectivity index (χ3v) is 2.84. The highest BCUT2D eigenvalue weighted by Gasteiger charge is 2.11. The Morgan fingerprint density at radius 3 is 2.58 bits per heavy atom. The summed E-state index contributed by atoms with van der Waals surface area (Å²) >= 11 is 0. The Balaban J connectivity index is 2.75. The van der Waals surface area contributed by atoms with Crippen molar-refractivity contribution in [1.29, 1.82) is 0 Å². The summed E-state index contributed by atoms with van der Waals surface area (Å²) in [6.45, 7) is 6.61. The molecule has 0 heterocycles. The van der Waals surface area contributed by atoms with E-state index in [4.69, 9.17) is 0 Å². The van der Waals surface area contributed by atoms with E-state index >= 15 is 0 Å². The van der Waals surface area contributed by atoms with Crippen LogP contribution in [0, 0.1) is 20.8 Å². The van der Waals surface area contributed by atoms with Gasteiger partial charge in [0, 0.05) is 0 Å². The van der Waals surface area contributed by atoms with Crippen LogP contribution in [0.5, 0.6) is 0 Å². The molecule has 0 amide bonds. The van der Waals surface area contributed by atoms with E-state index in [2.05, 4.69) is 39.0 Å². The maximum Gasteiger partial charge on any atom is -0.00854 e. The molecule has 0 fully saturated rings. The van der Waals surface area contributed by atoms with Gasteiger partial charge in [-0.25, -0.2) is 0 Å². The van der Waals surface area contributed by atoms with E-state index in [0.717, 1.165) is 6.42 Å². The van der Waals surface area contributed by atoms with E-state index in [0.29, 0.717) is 0 Å². The highest BCUT2D eigenvalue weighted by molar-refractivity contribution is 5.66. The van der Waals surface area contributed by atoms with Crippen LogP contribution < -0.4 is 0 Å². The first kappa shape index (κ1) is 7.60. The maximum atomic E-state index is 2.29. The fraction of sp³-hybridized carbons (Fsp3) is 0.333. The number of hydrogen-bond donors (Lipinski definition) is 0. The van der Waals surface area contributed by atoms with Crippen molar-refractivity contribution in [1.82, 2.24) is 0 Å². The minimum atomic E-state index is 1.13. The van der Waals surface area contributed by atoms with Crippen molar-refractivity contribution >= 4 is 6.08 Å². The third kappa shape index (κ3) is 0.911. The van der Waals surface area contributed by atoms with Crippen LogP contribution in [0.3, 0.4) is 0 Å². The maximum absolute atomic E-state index is 2.29. The van der Waals surface area contributed by atoms with Crippen LogP contribution in [0.1, 0.15) is 27.8 Å². The summed E-state index contributed by atoms with van der Waals surface area (Å²) in [5.41, 5.74) is 7.30. The molecule has 0 N–H and O–H groups in total. The highest BCUT2D eigenvalue weighted by Crippen LogP contribution is 2.28. The van der Waals surface area contributed by atoms with Crippen LogP contribution in [0.2, 0.25) is 0 Å². The predicted octanol–water partition coefficient (Wildman–Crippen LogP) is 3.18. The molecule has 0 aliphatic heterocycles. The molecule has 0 bridgehead atoms. The van der Waals surface area contributed by atoms with Crippen molar-refractivity contribution in [3.63, 3.8) is 0 Å². The molecule has 0 atom stereocenters. The topological polar surface area (TPSA) is 0 Å². The van der Waals surface area contributed by atoms with E-state index in [1.54, 1.807) is 0 Å². The normalized spacial score (nSPS) is 13.6. The summed E-state index contributed by atoms with van der Waals surface area (Å²) in [6.07, 6.45) is 5.64. The Kier molecular flexibility index (Phi) is 1.57. The van der Waals surface area contributed by atoms with Crippen LogP contribution in [-0.2, 0) is 6.42 Å². The molecule has 0 spiro atoms. The molecule has 62 valence electrons. The van der Waals surface area contributed by atoms with Crippen LogP contribution in [-0.4, -0.2) is 0 Å². The monoisotopic (exact) mass is 158 g/mol. The lowest BCUT2D eigenvalue weighted by Gasteiger charge is -2.10. The summed E-state index contributed by atoms with van der Waals surface area (Å²) in [4.78, 5) is 0. The molecule has 1 aromatic carbocycles. The summed E-state index contributed by atoms with van der Waals surface area (Å²) in [5.74, 6) is 0. The zero-order valence-corrected chi connectivity index (χ0v) is 7.94. The lowest BCUT2D eigenvalue weighted by molar-refractivity contribution is 1.19. The largest absolute Gasteiger partial charge is 0.0795 e. The second kappa shape index (κ2) is 2.48. The van der Waals surface area contributed by atoms with Gasteiger partial charge in [0.2, 0.25) is 0 Å². The first-order valence-corrected chi connectivity index (χ1v) is 4.46. The van der Waals surface area contributed by atoms with E-state index < -0.39 is 0 Å². The Morgan fingerprint density at radius 1 is 1.08 bits per heavy atom. The zero-order chi connectivity index (χ0) is 8.72. The van der Waals surface area contributed by atoms with Crippen LogP contribution in [0.15, 0.2) is 12.1 Å². The van der Waals surface area contributed by atoms with Gasteiger partial charge in [-0.15, -0.1) is 0 Å². The van der Waals surface area contributed by atoms with E-state index in [9.17, 15) is 0 Å². The second-order valence-corrected chi connectivity index (χ2v) is 3.63. The van der Waals surface area contributed by atoms with Gasteiger partial charge in [0.25, 0.3) is 0 Å². The lowest BCUT2D eigenvalue weighted by atomic mass is 9.95. The molecule has 0 saturated heterocycles. The summed E-state index contributed by atoms with van der Waals surface area (Å²) < 4.78 is 0. The third-order valence-electron chi connectivity index (χ3n) is 2.84. The molecular weight excluding hydrogens is 144 g/mol. The molecule has 1 aliphatic carbocycles. The van der Waals surface area contributed by atoms with Gasteiger partial charge in [0.1, 0.15) is 0 Å². The van der Waals surface area contributed by atoms with E-state index in [1.807, 2.05) is 0 Å². The van der Waals surface area contributed by atoms with Gasteiger partial charge in [-0.3, -0.25) is 0 Å². The molecule has 12 heavy (non-hydrogen) atoms. The first-order chi connectivity index (χ1) is 5.70. The summed E-state index contributed by atoms with van der Waals surface area (Å²) in [6, 6.07) is 2.29. The van der Waals surface area contributed by atoms with Crippen molar-refractivity contribution in [3.05, 3.63) is 40.0 Å². The molecule has 0 aromatic heterocycles. The van der Waals surface area contributed by atoms with E-state index in [1.165, 1.54) is 27.8 Å². The molecule has 0 saturated carbocycles. The van der Waals surface area contributed by atoms with Crippen LogP contribution >= 0.6 is 0 Å². The standard InChI is InChI=1S/C12H14/c1-8-7-9(2)11-5-4-6-12(11)10(8)3/h4,6-7H,5H2,1-3H3. The number of rotatable bonds is 0. The summed E-state index contributed by atoms with van der Waals surface area (Å²) in [5, 5.41) is 0. The molecule has 2 rings (SSSR count). The number of hydrogen-bond acceptors (Lipinski definition) is 0. The predicted molar refractivity (Wildman–Crippen MR) is 53.4 cm³/mol. The number of allylic oxidation sites excluding steroid dienone is 1. The molecule has 1 aliphatic rings. The van der Waals surface area contributed by atoms with Crippen molar-refractivity contribution < 1.29 is 0 Å². The van der Waals surface area contributed by atoms with Crippen molar-refractivity contribution in [2.45, 2.75) is 27.2 Å². The first-order valence-electron chi connectivity index (χ1n) is 4.46. The molecule has 0 heteroatoms. The number of aryl methyl sites for hydroxylation is 2. The zero-order valence-electron chi connectivity index (χ0n) is 7.94. The van der Waals surface area contributed by atoms with Gasteiger partial charge < -0.3 is 0 Å². The highest BCUT2D eigenvalue weighted by atomic mass is 14.2. The Bertz CT molecular complexity index is 357. The number of benzene rings is 1. The summed E-state index contributed by atoms with van der Waals surface area (Å²) in [7, 11) is 0.